The lowest BCUT2D eigenvalue weighted by molar-refractivity contribution is -0.590. The van der Waals surface area contributed by atoms with E-state index in [1.54, 1.807) is 4.90 Å². The average Bonchev–Trinajstić information content (AvgIpc) is 2.48. The highest BCUT2D eigenvalue weighted by molar-refractivity contribution is 5.55. The zero-order valence-corrected chi connectivity index (χ0v) is 15.9. The predicted molar refractivity (Wildman–Crippen MR) is 91.5 cm³/mol. The minimum Gasteiger partial charge on any atom is -1.00 e. The fourth-order valence-corrected chi connectivity index (χ4v) is 2.89. The summed E-state index contributed by atoms with van der Waals surface area (Å²) in [4.78, 5) is 3.78. The van der Waals surface area contributed by atoms with Gasteiger partial charge in [-0.25, -0.2) is 0 Å². The van der Waals surface area contributed by atoms with E-state index >= 15 is 0 Å². The number of pyridine rings is 1. The largest absolute Gasteiger partial charge is 1.00 e. The first-order valence-electron chi connectivity index (χ1n) is 8.01. The third-order valence-electron chi connectivity index (χ3n) is 4.32. The van der Waals surface area contributed by atoms with Crippen LogP contribution in [-0.4, -0.2) is 53.4 Å². The summed E-state index contributed by atoms with van der Waals surface area (Å²) in [5, 5.41) is 21.3. The van der Waals surface area contributed by atoms with Gasteiger partial charge in [-0.15, -0.1) is 0 Å². The molecule has 6 heteroatoms. The Morgan fingerprint density at radius 3 is 2.46 bits per heavy atom. The van der Waals surface area contributed by atoms with Crippen LogP contribution in [0.5, 0.6) is 0 Å². The van der Waals surface area contributed by atoms with E-state index in [-0.39, 0.29) is 18.3 Å². The first kappa shape index (κ1) is 20.5. The van der Waals surface area contributed by atoms with Crippen molar-refractivity contribution in [2.24, 2.45) is 0 Å². The smallest absolute Gasteiger partial charge is 0.240 e. The van der Waals surface area contributed by atoms with Crippen LogP contribution in [0.1, 0.15) is 25.8 Å². The number of hydrogen-bond donors (Lipinski definition) is 2. The molecule has 2 rings (SSSR count). The monoisotopic (exact) mass is 353 g/mol. The summed E-state index contributed by atoms with van der Waals surface area (Å²) in [6.45, 7) is 7.37. The number of aliphatic hydroxyl groups is 2. The molecule has 0 saturated carbocycles. The van der Waals surface area contributed by atoms with E-state index in [4.69, 9.17) is 0 Å². The van der Waals surface area contributed by atoms with Crippen molar-refractivity contribution < 1.29 is 27.2 Å². The third kappa shape index (κ3) is 4.29. The van der Waals surface area contributed by atoms with Crippen LogP contribution in [0.3, 0.4) is 0 Å². The van der Waals surface area contributed by atoms with Gasteiger partial charge in [0.05, 0.1) is 0 Å². The molecule has 0 bridgehead atoms. The van der Waals surface area contributed by atoms with Gasteiger partial charge < -0.3 is 32.4 Å². The molecule has 2 heterocycles. The summed E-state index contributed by atoms with van der Waals surface area (Å²) in [7, 11) is 4.04. The van der Waals surface area contributed by atoms with Crippen LogP contribution in [0.2, 0.25) is 0 Å². The van der Waals surface area contributed by atoms with Gasteiger partial charge in [0.2, 0.25) is 11.9 Å². The van der Waals surface area contributed by atoms with Gasteiger partial charge >= 0.3 is 0 Å². The molecule has 0 amide bonds. The molecule has 1 aromatic heterocycles. The van der Waals surface area contributed by atoms with Crippen molar-refractivity contribution in [3.8, 4) is 0 Å². The summed E-state index contributed by atoms with van der Waals surface area (Å²) in [5.74, 6) is 0.172. The van der Waals surface area contributed by atoms with Crippen molar-refractivity contribution in [1.82, 2.24) is 9.80 Å². The van der Waals surface area contributed by atoms with Gasteiger partial charge in [0.15, 0.2) is 18.3 Å². The number of rotatable bonds is 5. The molecule has 1 unspecified atom stereocenters. The molecule has 0 spiro atoms. The molecule has 134 valence electrons. The quantitative estimate of drug-likeness (QED) is 0.659. The predicted octanol–water partition coefficient (Wildman–Crippen LogP) is -1.11. The van der Waals surface area contributed by atoms with E-state index in [1.165, 1.54) is 0 Å². The highest BCUT2D eigenvalue weighted by Gasteiger charge is 2.36. The third-order valence-corrected chi connectivity index (χ3v) is 4.32. The van der Waals surface area contributed by atoms with Crippen molar-refractivity contribution in [2.45, 2.75) is 33.4 Å². The summed E-state index contributed by atoms with van der Waals surface area (Å²) < 4.78 is 1.95. The van der Waals surface area contributed by atoms with Crippen molar-refractivity contribution in [2.75, 3.05) is 27.2 Å². The number of halogens is 1. The Kier molecular flexibility index (Phi) is 7.27. The Labute approximate surface area is 150 Å². The number of hydrogen-bond acceptors (Lipinski definition) is 4. The van der Waals surface area contributed by atoms with E-state index < -0.39 is 6.23 Å². The van der Waals surface area contributed by atoms with Crippen molar-refractivity contribution >= 4 is 5.70 Å². The molecule has 2 N–H and O–H groups in total. The number of aryl methyl sites for hydroxylation is 1. The topological polar surface area (TPSA) is 50.8 Å². The lowest BCUT2D eigenvalue weighted by atomic mass is 10.0. The lowest BCUT2D eigenvalue weighted by Gasteiger charge is -2.33. The van der Waals surface area contributed by atoms with Gasteiger partial charge in [-0.3, -0.25) is 0 Å². The van der Waals surface area contributed by atoms with Crippen molar-refractivity contribution in [3.05, 3.63) is 47.1 Å². The first-order chi connectivity index (χ1) is 10.8. The Balaban J connectivity index is 0.00000288. The summed E-state index contributed by atoms with van der Waals surface area (Å²) >= 11 is 0. The van der Waals surface area contributed by atoms with E-state index in [0.29, 0.717) is 6.54 Å². The molecule has 0 aliphatic carbocycles. The first-order valence-corrected chi connectivity index (χ1v) is 8.01. The number of aromatic nitrogens is 1. The Hall–Kier alpha value is -1.56. The second-order valence-corrected chi connectivity index (χ2v) is 6.47. The molecule has 1 atom stereocenters. The van der Waals surface area contributed by atoms with Gasteiger partial charge in [-0.1, -0.05) is 0 Å². The van der Waals surface area contributed by atoms with E-state index in [1.807, 2.05) is 64.0 Å². The van der Waals surface area contributed by atoms with Gasteiger partial charge in [0, 0.05) is 29.3 Å². The molecular formula is C18H28ClN3O2. The van der Waals surface area contributed by atoms with Crippen LogP contribution < -0.4 is 17.0 Å². The van der Waals surface area contributed by atoms with Crippen molar-refractivity contribution in [3.63, 3.8) is 0 Å². The van der Waals surface area contributed by atoms with Gasteiger partial charge in [-0.2, -0.15) is 4.57 Å². The number of allylic oxidation sites excluding steroid dienone is 2. The molecule has 0 fully saturated rings. The molecule has 1 aliphatic heterocycles. The highest BCUT2D eigenvalue weighted by atomic mass is 35.5. The zero-order chi connectivity index (χ0) is 17.1. The average molecular weight is 354 g/mol. The van der Waals surface area contributed by atoms with Gasteiger partial charge in [0.25, 0.3) is 0 Å². The molecule has 1 aromatic rings. The minimum atomic E-state index is -0.854. The Morgan fingerprint density at radius 1 is 1.21 bits per heavy atom. The molecule has 24 heavy (non-hydrogen) atoms. The molecule has 5 nitrogen and oxygen atoms in total. The maximum atomic E-state index is 10.8. The summed E-state index contributed by atoms with van der Waals surface area (Å²) in [6.07, 6.45) is 3.94. The lowest BCUT2D eigenvalue weighted by Crippen LogP contribution is -3.00. The number of nitrogens with zero attached hydrogens (tertiary/aromatic N) is 3. The van der Waals surface area contributed by atoms with Crippen LogP contribution in [-0.2, 0) is 0 Å². The van der Waals surface area contributed by atoms with E-state index in [2.05, 4.69) is 4.90 Å². The normalized spacial score (nSPS) is 18.3. The Morgan fingerprint density at radius 2 is 1.88 bits per heavy atom. The fourth-order valence-electron chi connectivity index (χ4n) is 2.89. The maximum absolute atomic E-state index is 10.8. The van der Waals surface area contributed by atoms with Crippen LogP contribution in [0.4, 0.5) is 0 Å². The van der Waals surface area contributed by atoms with E-state index in [9.17, 15) is 10.2 Å². The SMILES string of the molecule is CC1=C(O)N(CCCN(C)C)C(O)C([n+]2cccc(C)c2)=C1C.[Cl-]. The minimum absolute atomic E-state index is 0. The second-order valence-electron chi connectivity index (χ2n) is 6.47. The zero-order valence-electron chi connectivity index (χ0n) is 15.1. The molecule has 0 aromatic carbocycles. The highest BCUT2D eigenvalue weighted by Crippen LogP contribution is 2.29. The molecule has 0 radical (unpaired) electrons. The van der Waals surface area contributed by atoms with Crippen LogP contribution in [0, 0.1) is 6.92 Å². The van der Waals surface area contributed by atoms with Crippen molar-refractivity contribution in [1.29, 1.82) is 0 Å². The molecule has 1 aliphatic rings. The van der Waals surface area contributed by atoms with Gasteiger partial charge in [-0.05, 0) is 53.9 Å². The standard InChI is InChI=1S/C18H27N3O2.ClH/c1-13-8-6-10-20(12-13)16-14(2)15(3)17(22)21(18(16)23)11-7-9-19(4)5;/h6,8,10,12,18,23H,7,9,11H2,1-5H3;1H. The molecular weight excluding hydrogens is 326 g/mol. The van der Waals surface area contributed by atoms with Crippen LogP contribution in [0.15, 0.2) is 41.6 Å². The van der Waals surface area contributed by atoms with Crippen LogP contribution in [0.25, 0.3) is 5.70 Å². The second kappa shape index (κ2) is 8.51. The summed E-state index contributed by atoms with van der Waals surface area (Å²) in [5.41, 5.74) is 3.64. The van der Waals surface area contributed by atoms with Gasteiger partial charge in [0.1, 0.15) is 0 Å². The fraction of sp³-hybridized carbons (Fsp3) is 0.500. The molecule has 0 saturated heterocycles. The van der Waals surface area contributed by atoms with Crippen LogP contribution >= 0.6 is 0 Å². The van der Waals surface area contributed by atoms with E-state index in [0.717, 1.165) is 35.4 Å². The number of aliphatic hydroxyl groups excluding tert-OH is 2. The summed E-state index contributed by atoms with van der Waals surface area (Å²) in [6, 6.07) is 3.99. The maximum Gasteiger partial charge on any atom is 0.240 e. The Bertz CT molecular complexity index is 641.